The van der Waals surface area contributed by atoms with Crippen LogP contribution >= 0.6 is 0 Å². The van der Waals surface area contributed by atoms with Gasteiger partial charge < -0.3 is 21.3 Å². The van der Waals surface area contributed by atoms with Crippen molar-refractivity contribution in [1.29, 1.82) is 0 Å². The lowest BCUT2D eigenvalue weighted by molar-refractivity contribution is -0.123. The van der Waals surface area contributed by atoms with Crippen molar-refractivity contribution in [2.45, 2.75) is 31.6 Å². The van der Waals surface area contributed by atoms with Gasteiger partial charge in [0.2, 0.25) is 17.8 Å². The molecule has 28 heavy (non-hydrogen) atoms. The third-order valence-electron chi connectivity index (χ3n) is 5.01. The third-order valence-corrected chi connectivity index (χ3v) is 5.01. The van der Waals surface area contributed by atoms with Crippen LogP contribution in [0, 0.1) is 5.82 Å². The van der Waals surface area contributed by atoms with Gasteiger partial charge in [0.05, 0.1) is 11.5 Å². The smallest absolute Gasteiger partial charge is 0.232 e. The maximum atomic E-state index is 13.4. The zero-order chi connectivity index (χ0) is 19.7. The normalized spacial score (nSPS) is 19.0. The number of hydrogen-bond donors (Lipinski definition) is 3. The summed E-state index contributed by atoms with van der Waals surface area (Å²) in [6.45, 7) is 1.66. The number of fused-ring (bicyclic) bond motifs is 1. The second-order valence-corrected chi connectivity index (χ2v) is 7.02. The Morgan fingerprint density at radius 1 is 1.25 bits per heavy atom. The number of nitrogens with zero attached hydrogens (tertiary/aromatic N) is 3. The van der Waals surface area contributed by atoms with Crippen LogP contribution in [-0.4, -0.2) is 34.9 Å². The van der Waals surface area contributed by atoms with E-state index < -0.39 is 17.6 Å². The number of nitrogens with one attached hydrogen (secondary N) is 2. The predicted octanol–water partition coefficient (Wildman–Crippen LogP) is 2.25. The number of carbonyl (C=O) groups excluding carboxylic acids is 2. The second kappa shape index (κ2) is 7.41. The molecule has 2 aliphatic rings. The Hall–Kier alpha value is -3.23. The van der Waals surface area contributed by atoms with Crippen LogP contribution in [-0.2, 0) is 9.59 Å². The van der Waals surface area contributed by atoms with Gasteiger partial charge in [-0.15, -0.1) is 0 Å². The summed E-state index contributed by atoms with van der Waals surface area (Å²) in [6, 6.07) is 5.56. The van der Waals surface area contributed by atoms with Gasteiger partial charge in [0.1, 0.15) is 17.5 Å². The Kier molecular flexibility index (Phi) is 4.81. The molecular formula is C19H21FN6O2. The van der Waals surface area contributed by atoms with Crippen LogP contribution in [0.1, 0.15) is 37.2 Å². The molecule has 1 saturated heterocycles. The number of nitrogens with two attached hydrogens (primary N) is 1. The molecule has 4 N–H and O–H groups in total. The summed E-state index contributed by atoms with van der Waals surface area (Å²) in [7, 11) is 0. The molecule has 1 aromatic heterocycles. The van der Waals surface area contributed by atoms with Crippen molar-refractivity contribution in [2.75, 3.05) is 34.4 Å². The highest BCUT2D eigenvalue weighted by atomic mass is 19.1. The SMILES string of the molecule is Nc1nc(N2CCCCC2)nc2c1C(C(=O)Nc1cccc(F)c1)CC(=O)N2. The maximum absolute atomic E-state index is 13.4. The molecule has 1 unspecified atom stereocenters. The lowest BCUT2D eigenvalue weighted by atomic mass is 9.92. The summed E-state index contributed by atoms with van der Waals surface area (Å²) in [4.78, 5) is 35.9. The molecule has 0 saturated carbocycles. The highest BCUT2D eigenvalue weighted by Gasteiger charge is 2.35. The standard InChI is InChI=1S/C19H21FN6O2/c20-11-5-4-6-12(9-11)22-18(28)13-10-14(27)23-17-15(13)16(21)24-19(25-17)26-7-2-1-3-8-26/h4-6,9,13H,1-3,7-8,10H2,(H,22,28)(H3,21,23,24,25,27). The molecule has 2 amide bonds. The first-order valence-corrected chi connectivity index (χ1v) is 9.30. The van der Waals surface area contributed by atoms with E-state index in [9.17, 15) is 14.0 Å². The molecule has 2 aromatic rings. The summed E-state index contributed by atoms with van der Waals surface area (Å²) in [5, 5.41) is 5.34. The van der Waals surface area contributed by atoms with Gasteiger partial charge in [0.15, 0.2) is 0 Å². The summed E-state index contributed by atoms with van der Waals surface area (Å²) >= 11 is 0. The molecule has 0 bridgehead atoms. The molecule has 3 heterocycles. The highest BCUT2D eigenvalue weighted by molar-refractivity contribution is 6.05. The van der Waals surface area contributed by atoms with E-state index in [2.05, 4.69) is 20.6 Å². The Labute approximate surface area is 161 Å². The average molecular weight is 384 g/mol. The molecule has 1 atom stereocenters. The van der Waals surface area contributed by atoms with E-state index in [1.807, 2.05) is 4.90 Å². The fourth-order valence-corrected chi connectivity index (χ4v) is 3.64. The number of carbonyl (C=O) groups is 2. The second-order valence-electron chi connectivity index (χ2n) is 7.02. The first-order valence-electron chi connectivity index (χ1n) is 9.30. The number of piperidine rings is 1. The van der Waals surface area contributed by atoms with E-state index in [0.717, 1.165) is 32.4 Å². The van der Waals surface area contributed by atoms with Crippen molar-refractivity contribution >= 4 is 35.1 Å². The molecule has 8 nitrogen and oxygen atoms in total. The number of anilines is 4. The molecular weight excluding hydrogens is 363 g/mol. The van der Waals surface area contributed by atoms with Gasteiger partial charge in [-0.25, -0.2) is 4.39 Å². The van der Waals surface area contributed by atoms with Gasteiger partial charge in [-0.2, -0.15) is 9.97 Å². The molecule has 1 aromatic carbocycles. The monoisotopic (exact) mass is 384 g/mol. The fraction of sp³-hybridized carbons (Fsp3) is 0.368. The predicted molar refractivity (Wildman–Crippen MR) is 104 cm³/mol. The van der Waals surface area contributed by atoms with Gasteiger partial charge in [-0.3, -0.25) is 9.59 Å². The average Bonchev–Trinajstić information content (AvgIpc) is 2.67. The van der Waals surface area contributed by atoms with E-state index >= 15 is 0 Å². The minimum Gasteiger partial charge on any atom is -0.383 e. The Morgan fingerprint density at radius 2 is 2.04 bits per heavy atom. The highest BCUT2D eigenvalue weighted by Crippen LogP contribution is 2.36. The van der Waals surface area contributed by atoms with E-state index in [4.69, 9.17) is 5.73 Å². The number of hydrogen-bond acceptors (Lipinski definition) is 6. The van der Waals surface area contributed by atoms with Gasteiger partial charge >= 0.3 is 0 Å². The van der Waals surface area contributed by atoms with Crippen molar-refractivity contribution in [1.82, 2.24) is 9.97 Å². The molecule has 0 spiro atoms. The topological polar surface area (TPSA) is 113 Å². The van der Waals surface area contributed by atoms with Crippen molar-refractivity contribution in [2.24, 2.45) is 0 Å². The Bertz CT molecular complexity index is 929. The zero-order valence-corrected chi connectivity index (χ0v) is 15.2. The first-order chi connectivity index (χ1) is 13.5. The number of aromatic nitrogens is 2. The van der Waals surface area contributed by atoms with Crippen LogP contribution in [0.25, 0.3) is 0 Å². The zero-order valence-electron chi connectivity index (χ0n) is 15.2. The van der Waals surface area contributed by atoms with Gasteiger partial charge in [0.25, 0.3) is 0 Å². The fourth-order valence-electron chi connectivity index (χ4n) is 3.64. The van der Waals surface area contributed by atoms with Crippen LogP contribution in [0.3, 0.4) is 0 Å². The summed E-state index contributed by atoms with van der Waals surface area (Å²) < 4.78 is 13.4. The number of nitrogen functional groups attached to an aromatic ring is 1. The molecule has 2 aliphatic heterocycles. The van der Waals surface area contributed by atoms with Gasteiger partial charge in [-0.1, -0.05) is 6.07 Å². The molecule has 4 rings (SSSR count). The van der Waals surface area contributed by atoms with Crippen molar-refractivity contribution < 1.29 is 14.0 Å². The summed E-state index contributed by atoms with van der Waals surface area (Å²) in [6.07, 6.45) is 3.18. The van der Waals surface area contributed by atoms with Crippen LogP contribution in [0.5, 0.6) is 0 Å². The van der Waals surface area contributed by atoms with E-state index in [1.165, 1.54) is 18.2 Å². The maximum Gasteiger partial charge on any atom is 0.232 e. The Morgan fingerprint density at radius 3 is 2.79 bits per heavy atom. The van der Waals surface area contributed by atoms with Crippen LogP contribution < -0.4 is 21.3 Å². The van der Waals surface area contributed by atoms with E-state index in [0.29, 0.717) is 17.2 Å². The third kappa shape index (κ3) is 3.60. The largest absolute Gasteiger partial charge is 0.383 e. The number of amides is 2. The van der Waals surface area contributed by atoms with Crippen LogP contribution in [0.2, 0.25) is 0 Å². The first kappa shape index (κ1) is 18.1. The minimum absolute atomic E-state index is 0.0786. The number of halogens is 1. The van der Waals surface area contributed by atoms with Crippen molar-refractivity contribution in [3.8, 4) is 0 Å². The summed E-state index contributed by atoms with van der Waals surface area (Å²) in [5.74, 6) is -1.19. The molecule has 0 aliphatic carbocycles. The Balaban J connectivity index is 1.64. The summed E-state index contributed by atoms with van der Waals surface area (Å²) in [5.41, 5.74) is 6.88. The molecule has 0 radical (unpaired) electrons. The van der Waals surface area contributed by atoms with E-state index in [-0.39, 0.29) is 24.0 Å². The molecule has 9 heteroatoms. The lowest BCUT2D eigenvalue weighted by Crippen LogP contribution is -2.35. The minimum atomic E-state index is -0.845. The lowest BCUT2D eigenvalue weighted by Gasteiger charge is -2.30. The molecule has 146 valence electrons. The van der Waals surface area contributed by atoms with E-state index in [1.54, 1.807) is 6.07 Å². The van der Waals surface area contributed by atoms with Gasteiger partial charge in [-0.05, 0) is 37.5 Å². The van der Waals surface area contributed by atoms with Crippen LogP contribution in [0.15, 0.2) is 24.3 Å². The number of benzene rings is 1. The molecule has 1 fully saturated rings. The quantitative estimate of drug-likeness (QED) is 0.748. The van der Waals surface area contributed by atoms with Crippen molar-refractivity contribution in [3.05, 3.63) is 35.6 Å². The number of rotatable bonds is 3. The van der Waals surface area contributed by atoms with Gasteiger partial charge in [0, 0.05) is 25.2 Å². The van der Waals surface area contributed by atoms with Crippen molar-refractivity contribution in [3.63, 3.8) is 0 Å². The van der Waals surface area contributed by atoms with Crippen LogP contribution in [0.4, 0.5) is 27.7 Å².